The molecule has 1 N–H and O–H groups in total. The lowest BCUT2D eigenvalue weighted by Crippen LogP contribution is -2.42. The Kier molecular flexibility index (Phi) is 5.80. The van der Waals surface area contributed by atoms with Crippen molar-refractivity contribution >= 4 is 17.9 Å². The first kappa shape index (κ1) is 16.6. The quantitative estimate of drug-likeness (QED) is 0.631. The third kappa shape index (κ3) is 8.31. The summed E-state index contributed by atoms with van der Waals surface area (Å²) in [4.78, 5) is 11.7. The molecule has 17 heavy (non-hydrogen) atoms. The highest BCUT2D eigenvalue weighted by atomic mass is 32.2. The first-order chi connectivity index (χ1) is 7.42. The van der Waals surface area contributed by atoms with Gasteiger partial charge in [-0.25, -0.2) is 4.72 Å². The van der Waals surface area contributed by atoms with Crippen LogP contribution in [-0.4, -0.2) is 23.1 Å². The molecule has 0 heterocycles. The Labute approximate surface area is 104 Å². The molecule has 0 aromatic heterocycles. The van der Waals surface area contributed by atoms with E-state index in [0.29, 0.717) is 0 Å². The summed E-state index contributed by atoms with van der Waals surface area (Å²) >= 11 is -0.427. The Morgan fingerprint density at radius 3 is 2.00 bits per heavy atom. The molecule has 0 spiro atoms. The molecule has 0 aromatic carbocycles. The zero-order valence-electron chi connectivity index (χ0n) is 10.5. The van der Waals surface area contributed by atoms with E-state index in [2.05, 4.69) is 4.72 Å². The second-order valence-corrected chi connectivity index (χ2v) is 5.82. The topological polar surface area (TPSA) is 38.3 Å². The molecule has 0 aromatic rings. The van der Waals surface area contributed by atoms with Gasteiger partial charge in [-0.2, -0.15) is 13.2 Å². The molecule has 0 unspecified atom stereocenters. The molecule has 0 saturated heterocycles. The van der Waals surface area contributed by atoms with Crippen molar-refractivity contribution in [3.63, 3.8) is 0 Å². The summed E-state index contributed by atoms with van der Waals surface area (Å²) in [5.74, 6) is -0.969. The molecule has 102 valence electrons. The van der Waals surface area contributed by atoms with Gasteiger partial charge in [-0.1, -0.05) is 13.8 Å². The van der Waals surface area contributed by atoms with Crippen molar-refractivity contribution < 1.29 is 22.7 Å². The van der Waals surface area contributed by atoms with Crippen LogP contribution in [0.25, 0.3) is 0 Å². The van der Waals surface area contributed by atoms with Gasteiger partial charge in [0.15, 0.2) is 0 Å². The van der Waals surface area contributed by atoms with Crippen molar-refractivity contribution in [2.75, 3.05) is 0 Å². The number of hydrogen-bond donors (Lipinski definition) is 1. The van der Waals surface area contributed by atoms with Crippen LogP contribution >= 0.6 is 11.9 Å². The third-order valence-corrected chi connectivity index (χ3v) is 2.23. The van der Waals surface area contributed by atoms with Gasteiger partial charge in [-0.05, 0) is 26.7 Å². The fourth-order valence-electron chi connectivity index (χ4n) is 0.952. The van der Waals surface area contributed by atoms with Gasteiger partial charge in [-0.3, -0.25) is 4.79 Å². The molecule has 0 amide bonds. The van der Waals surface area contributed by atoms with Gasteiger partial charge >= 0.3 is 11.5 Å². The number of hydrogen-bond acceptors (Lipinski definition) is 4. The van der Waals surface area contributed by atoms with Crippen LogP contribution in [0.2, 0.25) is 0 Å². The smallest absolute Gasteiger partial charge is 0.456 e. The van der Waals surface area contributed by atoms with Crippen molar-refractivity contribution in [2.45, 2.75) is 51.8 Å². The maximum Gasteiger partial charge on any atom is 0.456 e. The monoisotopic (exact) mass is 273 g/mol. The van der Waals surface area contributed by atoms with Crippen LogP contribution in [-0.2, 0) is 9.53 Å². The Morgan fingerprint density at radius 1 is 1.24 bits per heavy atom. The standard InChI is InChI=1S/C10H18F3NO2S/c1-6(2)7(14-17-10(11,12)13)8(15)16-9(3,4)5/h6-7,14H,1-5H3/t7-/m0/s1. The van der Waals surface area contributed by atoms with E-state index in [4.69, 9.17) is 4.74 Å². The van der Waals surface area contributed by atoms with Crippen molar-refractivity contribution in [3.8, 4) is 0 Å². The molecule has 0 rings (SSSR count). The number of alkyl halides is 3. The first-order valence-corrected chi connectivity index (χ1v) is 5.97. The molecule has 0 fully saturated rings. The Balaban J connectivity index is 4.48. The van der Waals surface area contributed by atoms with Crippen LogP contribution in [0.4, 0.5) is 13.2 Å². The molecule has 1 atom stereocenters. The number of halogens is 3. The zero-order valence-corrected chi connectivity index (χ0v) is 11.3. The minimum Gasteiger partial charge on any atom is -0.459 e. The molecule has 3 nitrogen and oxygen atoms in total. The number of rotatable bonds is 4. The van der Waals surface area contributed by atoms with Gasteiger partial charge in [-0.15, -0.1) is 0 Å². The first-order valence-electron chi connectivity index (χ1n) is 5.15. The fraction of sp³-hybridized carbons (Fsp3) is 0.900. The average molecular weight is 273 g/mol. The normalized spacial score (nSPS) is 14.9. The SMILES string of the molecule is CC(C)[C@H](NSC(F)(F)F)C(=O)OC(C)(C)C. The summed E-state index contributed by atoms with van der Waals surface area (Å²) in [5, 5.41) is 0. The van der Waals surface area contributed by atoms with E-state index in [1.165, 1.54) is 0 Å². The van der Waals surface area contributed by atoms with E-state index in [9.17, 15) is 18.0 Å². The number of esters is 1. The average Bonchev–Trinajstić information content (AvgIpc) is 1.96. The van der Waals surface area contributed by atoms with Crippen LogP contribution in [0.15, 0.2) is 0 Å². The fourth-order valence-corrected chi connectivity index (χ4v) is 1.58. The molecule has 0 bridgehead atoms. The van der Waals surface area contributed by atoms with Crippen molar-refractivity contribution in [1.29, 1.82) is 0 Å². The van der Waals surface area contributed by atoms with Gasteiger partial charge in [0.05, 0.1) is 0 Å². The number of carbonyl (C=O) groups is 1. The summed E-state index contributed by atoms with van der Waals surface area (Å²) in [5.41, 5.74) is -5.13. The molecule has 0 aliphatic rings. The van der Waals surface area contributed by atoms with Crippen molar-refractivity contribution in [2.24, 2.45) is 5.92 Å². The van der Waals surface area contributed by atoms with Gasteiger partial charge in [0.25, 0.3) is 0 Å². The van der Waals surface area contributed by atoms with Gasteiger partial charge < -0.3 is 4.74 Å². The largest absolute Gasteiger partial charge is 0.459 e. The van der Waals surface area contributed by atoms with Crippen LogP contribution in [0, 0.1) is 5.92 Å². The van der Waals surface area contributed by atoms with Crippen molar-refractivity contribution in [3.05, 3.63) is 0 Å². The van der Waals surface area contributed by atoms with Crippen LogP contribution < -0.4 is 4.72 Å². The maximum atomic E-state index is 12.0. The lowest BCUT2D eigenvalue weighted by atomic mass is 10.1. The lowest BCUT2D eigenvalue weighted by molar-refractivity contribution is -0.158. The molecular weight excluding hydrogens is 255 g/mol. The molecule has 0 radical (unpaired) electrons. The highest BCUT2D eigenvalue weighted by Crippen LogP contribution is 2.28. The number of nitrogens with one attached hydrogen (secondary N) is 1. The van der Waals surface area contributed by atoms with Crippen LogP contribution in [0.5, 0.6) is 0 Å². The molecule has 0 aliphatic carbocycles. The zero-order chi connectivity index (χ0) is 13.9. The summed E-state index contributed by atoms with van der Waals surface area (Å²) < 4.78 is 43.2. The second kappa shape index (κ2) is 5.95. The van der Waals surface area contributed by atoms with E-state index in [1.54, 1.807) is 34.6 Å². The van der Waals surface area contributed by atoms with E-state index in [0.717, 1.165) is 0 Å². The van der Waals surface area contributed by atoms with E-state index in [-0.39, 0.29) is 5.92 Å². The summed E-state index contributed by atoms with van der Waals surface area (Å²) in [6.45, 7) is 8.30. The minimum atomic E-state index is -4.42. The summed E-state index contributed by atoms with van der Waals surface area (Å²) in [7, 11) is 0. The lowest BCUT2D eigenvalue weighted by Gasteiger charge is -2.26. The van der Waals surface area contributed by atoms with Gasteiger partial charge in [0.1, 0.15) is 11.6 Å². The van der Waals surface area contributed by atoms with E-state index >= 15 is 0 Å². The Morgan fingerprint density at radius 2 is 1.71 bits per heavy atom. The Bertz CT molecular complexity index is 261. The molecule has 7 heteroatoms. The molecular formula is C10H18F3NO2S. The number of carbonyl (C=O) groups excluding carboxylic acids is 1. The highest BCUT2D eigenvalue weighted by molar-refractivity contribution is 7.98. The predicted molar refractivity (Wildman–Crippen MR) is 61.3 cm³/mol. The van der Waals surface area contributed by atoms with E-state index < -0.39 is 35.1 Å². The van der Waals surface area contributed by atoms with Gasteiger partial charge in [0.2, 0.25) is 0 Å². The number of ether oxygens (including phenoxy) is 1. The molecule has 0 saturated carbocycles. The van der Waals surface area contributed by atoms with E-state index in [1.807, 2.05) is 0 Å². The minimum absolute atomic E-state index is 0.292. The maximum absolute atomic E-state index is 12.0. The summed E-state index contributed by atoms with van der Waals surface area (Å²) in [6.07, 6.45) is 0. The predicted octanol–water partition coefficient (Wildman–Crippen LogP) is 3.11. The second-order valence-electron chi connectivity index (χ2n) is 4.92. The third-order valence-electron chi connectivity index (χ3n) is 1.63. The summed E-state index contributed by atoms with van der Waals surface area (Å²) in [6, 6.07) is -0.985. The van der Waals surface area contributed by atoms with Crippen molar-refractivity contribution in [1.82, 2.24) is 4.72 Å². The highest BCUT2D eigenvalue weighted by Gasteiger charge is 2.34. The molecule has 0 aliphatic heterocycles. The van der Waals surface area contributed by atoms with Gasteiger partial charge in [0, 0.05) is 11.9 Å². The van der Waals surface area contributed by atoms with Crippen LogP contribution in [0.3, 0.4) is 0 Å². The van der Waals surface area contributed by atoms with Crippen LogP contribution in [0.1, 0.15) is 34.6 Å². The Hall–Kier alpha value is -0.430.